The molecule has 5 rings (SSSR count). The van der Waals surface area contributed by atoms with Gasteiger partial charge >= 0.3 is 0 Å². The van der Waals surface area contributed by atoms with Crippen LogP contribution in [-0.2, 0) is 6.54 Å². The number of benzene rings is 3. The number of hydrogen-bond donors (Lipinski definition) is 0. The van der Waals surface area contributed by atoms with E-state index < -0.39 is 5.82 Å². The van der Waals surface area contributed by atoms with Gasteiger partial charge in [0.15, 0.2) is 11.5 Å². The lowest BCUT2D eigenvalue weighted by molar-refractivity contribution is 0.0714. The fourth-order valence-electron chi connectivity index (χ4n) is 5.50. The molecule has 3 aromatic carbocycles. The van der Waals surface area contributed by atoms with E-state index in [-0.39, 0.29) is 22.9 Å². The van der Waals surface area contributed by atoms with Crippen molar-refractivity contribution in [2.24, 2.45) is 0 Å². The van der Waals surface area contributed by atoms with Gasteiger partial charge in [-0.15, -0.1) is 0 Å². The van der Waals surface area contributed by atoms with Crippen molar-refractivity contribution in [1.29, 1.82) is 5.26 Å². The highest BCUT2D eigenvalue weighted by molar-refractivity contribution is 5.95. The highest BCUT2D eigenvalue weighted by Crippen LogP contribution is 2.28. The Balaban J connectivity index is 1.41. The average Bonchev–Trinajstić information content (AvgIpc) is 3.56. The molecule has 0 fully saturated rings. The predicted molar refractivity (Wildman–Crippen MR) is 169 cm³/mol. The normalized spacial score (nSPS) is 14.3. The predicted octanol–water partition coefficient (Wildman–Crippen LogP) is 5.43. The minimum atomic E-state index is -0.642. The molecule has 2 heterocycles. The molecule has 0 atom stereocenters. The zero-order valence-electron chi connectivity index (χ0n) is 25.9. The molecule has 1 aromatic heterocycles. The van der Waals surface area contributed by atoms with Gasteiger partial charge in [0, 0.05) is 61.8 Å². The maximum Gasteiger partial charge on any atom is 0.254 e. The first-order valence-electron chi connectivity index (χ1n) is 15.2. The molecule has 2 bridgehead atoms. The van der Waals surface area contributed by atoms with Crippen LogP contribution in [0.1, 0.15) is 45.5 Å². The molecule has 0 unspecified atom stereocenters. The van der Waals surface area contributed by atoms with Gasteiger partial charge in [-0.3, -0.25) is 9.59 Å². The molecular weight excluding hydrogens is 589 g/mol. The molecule has 0 radical (unpaired) electrons. The maximum absolute atomic E-state index is 14.3. The third-order valence-electron chi connectivity index (χ3n) is 7.84. The number of carbonyl (C=O) groups is 2. The number of hydrogen-bond acceptors (Lipinski definition) is 7. The van der Waals surface area contributed by atoms with Gasteiger partial charge in [-0.1, -0.05) is 12.1 Å². The summed E-state index contributed by atoms with van der Waals surface area (Å²) in [7, 11) is 3.07. The largest absolute Gasteiger partial charge is 0.494 e. The smallest absolute Gasteiger partial charge is 0.254 e. The zero-order valence-corrected chi connectivity index (χ0v) is 25.9. The lowest BCUT2D eigenvalue weighted by Gasteiger charge is -2.26. The minimum absolute atomic E-state index is 0.0807. The van der Waals surface area contributed by atoms with Gasteiger partial charge in [0.05, 0.1) is 32.5 Å². The van der Waals surface area contributed by atoms with E-state index in [4.69, 9.17) is 14.2 Å². The number of carbonyl (C=O) groups excluding carboxylic acids is 2. The van der Waals surface area contributed by atoms with Crippen molar-refractivity contribution in [1.82, 2.24) is 19.4 Å². The Morgan fingerprint density at radius 1 is 0.848 bits per heavy atom. The number of fused-ring (bicyclic) bond motifs is 4. The highest BCUT2D eigenvalue weighted by atomic mass is 19.1. The van der Waals surface area contributed by atoms with Crippen molar-refractivity contribution in [2.75, 3.05) is 47.0 Å². The van der Waals surface area contributed by atoms with Gasteiger partial charge in [0.1, 0.15) is 17.4 Å². The second kappa shape index (κ2) is 15.1. The fourth-order valence-corrected chi connectivity index (χ4v) is 5.50. The van der Waals surface area contributed by atoms with Crippen molar-refractivity contribution < 1.29 is 28.2 Å². The lowest BCUT2D eigenvalue weighted by atomic mass is 10.1. The number of rotatable bonds is 4. The maximum atomic E-state index is 14.3. The summed E-state index contributed by atoms with van der Waals surface area (Å²) in [5, 5.41) is 9.34. The molecule has 238 valence electrons. The molecule has 0 spiro atoms. The molecule has 11 heteroatoms. The van der Waals surface area contributed by atoms with E-state index in [9.17, 15) is 19.2 Å². The standard InChI is InChI=1S/C35H36FN5O5/c1-44-31-10-9-27(23-32(31)45-2)34(42)40-12-3-4-13-41(35(43)28-19-25(24-37)20-29(36)21-28)17-16-39-15-11-38-33(39)26-7-5-8-30(22-26)46-18-6-14-40/h5,7-11,15,19-23H,3-4,6,12-14,16-18H2,1-2H3. The van der Waals surface area contributed by atoms with Crippen LogP contribution in [-0.4, -0.2) is 78.2 Å². The second-order valence-electron chi connectivity index (χ2n) is 10.9. The SMILES string of the molecule is COc1ccc(C(=O)N2CCCCN(C(=O)c3cc(F)cc(C#N)c3)CCn3ccnc3-c3cccc(c3)OCCC2)cc1OC. The first-order valence-corrected chi connectivity index (χ1v) is 15.2. The van der Waals surface area contributed by atoms with Gasteiger partial charge < -0.3 is 28.6 Å². The molecule has 0 saturated carbocycles. The molecule has 0 aliphatic carbocycles. The lowest BCUT2D eigenvalue weighted by Crippen LogP contribution is -2.36. The zero-order chi connectivity index (χ0) is 32.5. The molecule has 0 saturated heterocycles. The number of aromatic nitrogens is 2. The van der Waals surface area contributed by atoms with Crippen LogP contribution >= 0.6 is 0 Å². The fraction of sp³-hybridized carbons (Fsp3) is 0.314. The number of nitrogens with zero attached hydrogens (tertiary/aromatic N) is 5. The first-order chi connectivity index (χ1) is 22.4. The number of nitriles is 1. The Kier molecular flexibility index (Phi) is 10.5. The summed E-state index contributed by atoms with van der Waals surface area (Å²) in [6.07, 6.45) is 5.38. The number of amides is 2. The van der Waals surface area contributed by atoms with E-state index in [1.807, 2.05) is 41.1 Å². The third kappa shape index (κ3) is 7.64. The van der Waals surface area contributed by atoms with Crippen LogP contribution in [0.5, 0.6) is 17.2 Å². The van der Waals surface area contributed by atoms with Crippen LogP contribution < -0.4 is 14.2 Å². The van der Waals surface area contributed by atoms with E-state index in [1.165, 1.54) is 13.2 Å². The van der Waals surface area contributed by atoms with Crippen molar-refractivity contribution in [3.8, 4) is 34.7 Å². The average molecular weight is 626 g/mol. The monoisotopic (exact) mass is 625 g/mol. The molecule has 1 aliphatic rings. The summed E-state index contributed by atoms with van der Waals surface area (Å²) in [6, 6.07) is 18.3. The van der Waals surface area contributed by atoms with Crippen molar-refractivity contribution in [3.63, 3.8) is 0 Å². The Labute approximate surface area is 267 Å². The van der Waals surface area contributed by atoms with Crippen molar-refractivity contribution in [3.05, 3.63) is 95.6 Å². The number of halogens is 1. The molecule has 1 aliphatic heterocycles. The van der Waals surface area contributed by atoms with E-state index in [1.54, 1.807) is 41.3 Å². The van der Waals surface area contributed by atoms with Gasteiger partial charge in [-0.25, -0.2) is 9.37 Å². The Morgan fingerprint density at radius 2 is 1.59 bits per heavy atom. The van der Waals surface area contributed by atoms with Crippen LogP contribution in [0.4, 0.5) is 4.39 Å². The molecule has 10 nitrogen and oxygen atoms in total. The highest BCUT2D eigenvalue weighted by Gasteiger charge is 2.21. The number of imidazole rings is 1. The van der Waals surface area contributed by atoms with Crippen LogP contribution in [0.15, 0.2) is 73.1 Å². The van der Waals surface area contributed by atoms with Gasteiger partial charge in [0.2, 0.25) is 0 Å². The number of ether oxygens (including phenoxy) is 3. The van der Waals surface area contributed by atoms with Crippen LogP contribution in [0.25, 0.3) is 11.4 Å². The first kappa shape index (κ1) is 32.0. The van der Waals surface area contributed by atoms with Gasteiger partial charge in [-0.05, 0) is 67.8 Å². The van der Waals surface area contributed by atoms with Crippen LogP contribution in [0.2, 0.25) is 0 Å². The van der Waals surface area contributed by atoms with E-state index >= 15 is 0 Å². The molecular formula is C35H36FN5O5. The van der Waals surface area contributed by atoms with Gasteiger partial charge in [-0.2, -0.15) is 5.26 Å². The molecule has 46 heavy (non-hydrogen) atoms. The summed E-state index contributed by atoms with van der Waals surface area (Å²) >= 11 is 0. The molecule has 4 aromatic rings. The Bertz CT molecular complexity index is 1730. The van der Waals surface area contributed by atoms with Crippen molar-refractivity contribution >= 4 is 11.8 Å². The van der Waals surface area contributed by atoms with Gasteiger partial charge in [0.25, 0.3) is 11.8 Å². The van der Waals surface area contributed by atoms with Crippen LogP contribution in [0.3, 0.4) is 0 Å². The molecule has 2 amide bonds. The quantitative estimate of drug-likeness (QED) is 0.298. The van der Waals surface area contributed by atoms with Crippen molar-refractivity contribution in [2.45, 2.75) is 25.8 Å². The topological polar surface area (TPSA) is 110 Å². The Morgan fingerprint density at radius 3 is 2.35 bits per heavy atom. The summed E-state index contributed by atoms with van der Waals surface area (Å²) in [5.41, 5.74) is 1.53. The second-order valence-corrected chi connectivity index (χ2v) is 10.9. The Hall–Kier alpha value is -5.37. The van der Waals surface area contributed by atoms with E-state index in [2.05, 4.69) is 4.98 Å². The van der Waals surface area contributed by atoms with Crippen LogP contribution in [0, 0.1) is 17.1 Å². The summed E-state index contributed by atoms with van der Waals surface area (Å²) in [5.74, 6) is 1.25. The third-order valence-corrected chi connectivity index (χ3v) is 7.84. The minimum Gasteiger partial charge on any atom is -0.494 e. The number of methoxy groups -OCH3 is 2. The van der Waals surface area contributed by atoms with E-state index in [0.29, 0.717) is 81.4 Å². The summed E-state index contributed by atoms with van der Waals surface area (Å²) in [4.78, 5) is 35.4. The van der Waals surface area contributed by atoms with E-state index in [0.717, 1.165) is 23.5 Å². The molecule has 0 N–H and O–H groups in total. The summed E-state index contributed by atoms with van der Waals surface area (Å²) < 4.78 is 33.1. The summed E-state index contributed by atoms with van der Waals surface area (Å²) in [6.45, 7) is 2.46.